The van der Waals surface area contributed by atoms with Gasteiger partial charge in [0.25, 0.3) is 0 Å². The van der Waals surface area contributed by atoms with E-state index < -0.39 is 0 Å². The Hall–Kier alpha value is -0.730. The molecular formula is C14H21ClN2. The number of rotatable bonds is 2. The highest BCUT2D eigenvalue weighted by atomic mass is 35.5. The number of nitrogens with zero attached hydrogens (tertiary/aromatic N) is 1. The van der Waals surface area contributed by atoms with Crippen LogP contribution in [-0.2, 0) is 0 Å². The maximum atomic E-state index is 6.07. The van der Waals surface area contributed by atoms with E-state index in [1.807, 2.05) is 18.2 Å². The standard InChI is InChI=1S/C14H21ClN2/c1-14(2)9-11(10-16)6-7-17(14)13-5-3-4-12(15)8-13/h3-5,8,11H,6-7,9-10,16H2,1-2H3. The molecule has 2 rings (SSSR count). The molecule has 17 heavy (non-hydrogen) atoms. The lowest BCUT2D eigenvalue weighted by molar-refractivity contribution is 0.279. The summed E-state index contributed by atoms with van der Waals surface area (Å²) in [4.78, 5) is 2.45. The van der Waals surface area contributed by atoms with Crippen molar-refractivity contribution in [3.05, 3.63) is 29.3 Å². The number of nitrogens with two attached hydrogens (primary N) is 1. The molecule has 2 nitrogen and oxygen atoms in total. The molecule has 1 aliphatic rings. The molecule has 0 radical (unpaired) electrons. The van der Waals surface area contributed by atoms with Gasteiger partial charge in [0.2, 0.25) is 0 Å². The van der Waals surface area contributed by atoms with Gasteiger partial charge in [-0.1, -0.05) is 17.7 Å². The molecule has 1 atom stereocenters. The lowest BCUT2D eigenvalue weighted by Gasteiger charge is -2.47. The van der Waals surface area contributed by atoms with Gasteiger partial charge in [-0.25, -0.2) is 0 Å². The van der Waals surface area contributed by atoms with Crippen molar-refractivity contribution in [1.82, 2.24) is 0 Å². The minimum absolute atomic E-state index is 0.160. The van der Waals surface area contributed by atoms with E-state index in [4.69, 9.17) is 17.3 Å². The molecule has 3 heteroatoms. The Morgan fingerprint density at radius 1 is 1.47 bits per heavy atom. The smallest absolute Gasteiger partial charge is 0.0426 e. The van der Waals surface area contributed by atoms with Gasteiger partial charge in [0.05, 0.1) is 0 Å². The van der Waals surface area contributed by atoms with Crippen molar-refractivity contribution in [3.63, 3.8) is 0 Å². The van der Waals surface area contributed by atoms with Crippen molar-refractivity contribution in [2.45, 2.75) is 32.2 Å². The summed E-state index contributed by atoms with van der Waals surface area (Å²) in [7, 11) is 0. The lowest BCUT2D eigenvalue weighted by atomic mass is 9.82. The topological polar surface area (TPSA) is 29.3 Å². The van der Waals surface area contributed by atoms with Crippen LogP contribution in [0.1, 0.15) is 26.7 Å². The van der Waals surface area contributed by atoms with Crippen LogP contribution in [0.4, 0.5) is 5.69 Å². The molecule has 1 heterocycles. The fourth-order valence-corrected chi connectivity index (χ4v) is 3.04. The van der Waals surface area contributed by atoms with Gasteiger partial charge in [-0.05, 0) is 57.4 Å². The fourth-order valence-electron chi connectivity index (χ4n) is 2.86. The second kappa shape index (κ2) is 4.87. The molecule has 1 fully saturated rings. The van der Waals surface area contributed by atoms with Crippen LogP contribution in [0.3, 0.4) is 0 Å². The maximum absolute atomic E-state index is 6.07. The summed E-state index contributed by atoms with van der Waals surface area (Å²) in [6.45, 7) is 6.44. The quantitative estimate of drug-likeness (QED) is 0.875. The molecule has 0 amide bonds. The van der Waals surface area contributed by atoms with Crippen LogP contribution in [0.25, 0.3) is 0 Å². The normalized spacial score (nSPS) is 23.8. The second-order valence-corrected chi connectivity index (χ2v) is 5.97. The lowest BCUT2D eigenvalue weighted by Crippen LogP contribution is -2.51. The molecule has 0 spiro atoms. The van der Waals surface area contributed by atoms with Gasteiger partial charge < -0.3 is 10.6 Å². The number of piperidine rings is 1. The summed E-state index contributed by atoms with van der Waals surface area (Å²) in [5.41, 5.74) is 7.17. The van der Waals surface area contributed by atoms with E-state index in [2.05, 4.69) is 24.8 Å². The molecule has 0 bridgehead atoms. The van der Waals surface area contributed by atoms with E-state index in [9.17, 15) is 0 Å². The zero-order valence-electron chi connectivity index (χ0n) is 10.6. The predicted molar refractivity (Wildman–Crippen MR) is 74.7 cm³/mol. The van der Waals surface area contributed by atoms with E-state index >= 15 is 0 Å². The Morgan fingerprint density at radius 3 is 2.82 bits per heavy atom. The fraction of sp³-hybridized carbons (Fsp3) is 0.571. The van der Waals surface area contributed by atoms with Gasteiger partial charge >= 0.3 is 0 Å². The highest BCUT2D eigenvalue weighted by Gasteiger charge is 2.34. The van der Waals surface area contributed by atoms with E-state index in [1.165, 1.54) is 12.1 Å². The first-order valence-electron chi connectivity index (χ1n) is 6.26. The van der Waals surface area contributed by atoms with Crippen LogP contribution in [0.15, 0.2) is 24.3 Å². The zero-order valence-corrected chi connectivity index (χ0v) is 11.4. The molecule has 0 aromatic heterocycles. The summed E-state index contributed by atoms with van der Waals surface area (Å²) in [6.07, 6.45) is 2.32. The summed E-state index contributed by atoms with van der Waals surface area (Å²) < 4.78 is 0. The van der Waals surface area contributed by atoms with E-state index in [0.29, 0.717) is 5.92 Å². The van der Waals surface area contributed by atoms with Gasteiger partial charge in [-0.15, -0.1) is 0 Å². The summed E-state index contributed by atoms with van der Waals surface area (Å²) in [6, 6.07) is 8.12. The third-order valence-corrected chi connectivity index (χ3v) is 3.97. The minimum Gasteiger partial charge on any atom is -0.366 e. The zero-order chi connectivity index (χ0) is 12.5. The largest absolute Gasteiger partial charge is 0.366 e. The molecule has 1 aromatic rings. The number of benzene rings is 1. The molecule has 1 aromatic carbocycles. The van der Waals surface area contributed by atoms with Crippen LogP contribution in [-0.4, -0.2) is 18.6 Å². The first-order chi connectivity index (χ1) is 8.03. The number of hydrogen-bond donors (Lipinski definition) is 1. The third kappa shape index (κ3) is 2.75. The average Bonchev–Trinajstić information content (AvgIpc) is 2.27. The summed E-state index contributed by atoms with van der Waals surface area (Å²) >= 11 is 6.07. The van der Waals surface area contributed by atoms with Crippen molar-refractivity contribution in [3.8, 4) is 0 Å². The molecule has 1 saturated heterocycles. The van der Waals surface area contributed by atoms with Crippen LogP contribution in [0, 0.1) is 5.92 Å². The van der Waals surface area contributed by atoms with Crippen LogP contribution in [0.2, 0.25) is 5.02 Å². The van der Waals surface area contributed by atoms with Crippen molar-refractivity contribution in [2.24, 2.45) is 11.7 Å². The van der Waals surface area contributed by atoms with E-state index in [1.54, 1.807) is 0 Å². The summed E-state index contributed by atoms with van der Waals surface area (Å²) in [5, 5.41) is 0.805. The van der Waals surface area contributed by atoms with E-state index in [-0.39, 0.29) is 5.54 Å². The Kier molecular flexibility index (Phi) is 3.64. The van der Waals surface area contributed by atoms with E-state index in [0.717, 1.165) is 24.5 Å². The Labute approximate surface area is 109 Å². The van der Waals surface area contributed by atoms with Gasteiger partial charge in [0.1, 0.15) is 0 Å². The van der Waals surface area contributed by atoms with Crippen molar-refractivity contribution in [2.75, 3.05) is 18.0 Å². The number of anilines is 1. The van der Waals surface area contributed by atoms with Gasteiger partial charge in [0, 0.05) is 22.8 Å². The monoisotopic (exact) mass is 252 g/mol. The van der Waals surface area contributed by atoms with Crippen LogP contribution >= 0.6 is 11.6 Å². The van der Waals surface area contributed by atoms with Crippen LogP contribution < -0.4 is 10.6 Å². The molecular weight excluding hydrogens is 232 g/mol. The highest BCUT2D eigenvalue weighted by Crippen LogP contribution is 2.35. The third-order valence-electron chi connectivity index (χ3n) is 3.73. The molecule has 1 unspecified atom stereocenters. The molecule has 2 N–H and O–H groups in total. The summed E-state index contributed by atoms with van der Waals surface area (Å²) in [5.74, 6) is 0.653. The first kappa shape index (κ1) is 12.7. The maximum Gasteiger partial charge on any atom is 0.0426 e. The molecule has 94 valence electrons. The average molecular weight is 253 g/mol. The number of hydrogen-bond acceptors (Lipinski definition) is 2. The Balaban J connectivity index is 2.22. The Morgan fingerprint density at radius 2 is 2.24 bits per heavy atom. The highest BCUT2D eigenvalue weighted by molar-refractivity contribution is 6.30. The second-order valence-electron chi connectivity index (χ2n) is 5.54. The van der Waals surface area contributed by atoms with Crippen LogP contribution in [0.5, 0.6) is 0 Å². The van der Waals surface area contributed by atoms with Crippen molar-refractivity contribution in [1.29, 1.82) is 0 Å². The predicted octanol–water partition coefficient (Wildman–Crippen LogP) is 3.29. The number of halogens is 1. The molecule has 0 aliphatic carbocycles. The first-order valence-corrected chi connectivity index (χ1v) is 6.64. The van der Waals surface area contributed by atoms with Crippen molar-refractivity contribution < 1.29 is 0 Å². The minimum atomic E-state index is 0.160. The Bertz CT molecular complexity index is 390. The van der Waals surface area contributed by atoms with Crippen molar-refractivity contribution >= 4 is 17.3 Å². The molecule has 0 saturated carbocycles. The van der Waals surface area contributed by atoms with Gasteiger partial charge in [0.15, 0.2) is 0 Å². The molecule has 1 aliphatic heterocycles. The SMILES string of the molecule is CC1(C)CC(CN)CCN1c1cccc(Cl)c1. The van der Waals surface area contributed by atoms with Gasteiger partial charge in [-0.2, -0.15) is 0 Å². The van der Waals surface area contributed by atoms with Gasteiger partial charge in [-0.3, -0.25) is 0 Å².